The third-order valence-corrected chi connectivity index (χ3v) is 1.55. The zero-order valence-corrected chi connectivity index (χ0v) is 7.52. The van der Waals surface area contributed by atoms with Crippen LogP contribution in [0, 0.1) is 11.3 Å². The lowest BCUT2D eigenvalue weighted by Gasteiger charge is -2.14. The molecule has 0 amide bonds. The molecule has 0 saturated heterocycles. The van der Waals surface area contributed by atoms with Crippen LogP contribution in [0.1, 0.15) is 6.42 Å². The van der Waals surface area contributed by atoms with Crippen molar-refractivity contribution in [3.05, 3.63) is 0 Å². The highest BCUT2D eigenvalue weighted by atomic mass is 19.1. The largest absolute Gasteiger partial charge is 0.313 e. The second kappa shape index (κ2) is 8.44. The molecule has 0 fully saturated rings. The maximum Gasteiger partial charge on any atom is 0.102 e. The minimum Gasteiger partial charge on any atom is -0.313 e. The summed E-state index contributed by atoms with van der Waals surface area (Å²) < 4.78 is 11.6. The molecule has 0 rings (SSSR count). The van der Waals surface area contributed by atoms with Gasteiger partial charge in [-0.1, -0.05) is 0 Å². The summed E-state index contributed by atoms with van der Waals surface area (Å²) in [5.41, 5.74) is 0. The SMILES string of the molecule is CN(CCC#N)CCNCCF. The topological polar surface area (TPSA) is 39.1 Å². The van der Waals surface area contributed by atoms with E-state index in [9.17, 15) is 4.39 Å². The molecule has 0 aliphatic carbocycles. The monoisotopic (exact) mass is 173 g/mol. The second-order valence-corrected chi connectivity index (χ2v) is 2.65. The fourth-order valence-corrected chi connectivity index (χ4v) is 0.814. The van der Waals surface area contributed by atoms with Crippen LogP contribution in [-0.4, -0.2) is 44.8 Å². The summed E-state index contributed by atoms with van der Waals surface area (Å²) in [6.45, 7) is 2.54. The fraction of sp³-hybridized carbons (Fsp3) is 0.875. The van der Waals surface area contributed by atoms with Crippen LogP contribution in [0.3, 0.4) is 0 Å². The standard InChI is InChI=1S/C8H16FN3/c1-12(7-2-4-10)8-6-11-5-3-9/h11H,2-3,5-8H2,1H3. The van der Waals surface area contributed by atoms with Crippen LogP contribution in [0.15, 0.2) is 0 Å². The first-order valence-corrected chi connectivity index (χ1v) is 4.13. The van der Waals surface area contributed by atoms with E-state index in [1.54, 1.807) is 0 Å². The first-order valence-electron chi connectivity index (χ1n) is 4.13. The summed E-state index contributed by atoms with van der Waals surface area (Å²) in [4.78, 5) is 2.05. The van der Waals surface area contributed by atoms with E-state index in [4.69, 9.17) is 5.26 Å². The third-order valence-electron chi connectivity index (χ3n) is 1.55. The van der Waals surface area contributed by atoms with Gasteiger partial charge in [-0.05, 0) is 7.05 Å². The molecule has 0 unspecified atom stereocenters. The van der Waals surface area contributed by atoms with Gasteiger partial charge in [0.05, 0.1) is 6.07 Å². The molecule has 0 aromatic carbocycles. The lowest BCUT2D eigenvalue weighted by Crippen LogP contribution is -2.30. The molecule has 4 heteroatoms. The van der Waals surface area contributed by atoms with Crippen LogP contribution >= 0.6 is 0 Å². The summed E-state index contributed by atoms with van der Waals surface area (Å²) in [5, 5.41) is 11.2. The minimum atomic E-state index is -0.318. The summed E-state index contributed by atoms with van der Waals surface area (Å²) in [7, 11) is 1.95. The second-order valence-electron chi connectivity index (χ2n) is 2.65. The Labute approximate surface area is 73.2 Å². The van der Waals surface area contributed by atoms with Gasteiger partial charge < -0.3 is 10.2 Å². The molecule has 1 N–H and O–H groups in total. The van der Waals surface area contributed by atoms with Gasteiger partial charge in [0.15, 0.2) is 0 Å². The van der Waals surface area contributed by atoms with Crippen LogP contribution in [0.4, 0.5) is 4.39 Å². The molecule has 0 atom stereocenters. The average molecular weight is 173 g/mol. The van der Waals surface area contributed by atoms with Gasteiger partial charge in [-0.2, -0.15) is 5.26 Å². The van der Waals surface area contributed by atoms with Crippen molar-refractivity contribution in [3.8, 4) is 6.07 Å². The molecule has 0 heterocycles. The molecule has 0 aliphatic rings. The summed E-state index contributed by atoms with van der Waals surface area (Å²) in [6, 6.07) is 2.08. The molecule has 0 bridgehead atoms. The molecular weight excluding hydrogens is 157 g/mol. The summed E-state index contributed by atoms with van der Waals surface area (Å²) in [5.74, 6) is 0. The van der Waals surface area contributed by atoms with E-state index in [1.807, 2.05) is 7.05 Å². The Morgan fingerprint density at radius 1 is 1.42 bits per heavy atom. The predicted octanol–water partition coefficient (Wildman–Crippen LogP) is 0.391. The molecule has 12 heavy (non-hydrogen) atoms. The number of alkyl halides is 1. The van der Waals surface area contributed by atoms with Gasteiger partial charge in [-0.3, -0.25) is 0 Å². The highest BCUT2D eigenvalue weighted by molar-refractivity contribution is 4.71. The van der Waals surface area contributed by atoms with Crippen LogP contribution in [0.2, 0.25) is 0 Å². The van der Waals surface area contributed by atoms with Crippen LogP contribution in [0.5, 0.6) is 0 Å². The van der Waals surface area contributed by atoms with Crippen molar-refractivity contribution < 1.29 is 4.39 Å². The molecular formula is C8H16FN3. The van der Waals surface area contributed by atoms with Crippen molar-refractivity contribution in [1.29, 1.82) is 5.26 Å². The Hall–Kier alpha value is -0.660. The van der Waals surface area contributed by atoms with Gasteiger partial charge in [0.25, 0.3) is 0 Å². The molecule has 0 saturated carbocycles. The predicted molar refractivity (Wildman–Crippen MR) is 46.6 cm³/mol. The van der Waals surface area contributed by atoms with E-state index in [0.717, 1.165) is 19.6 Å². The van der Waals surface area contributed by atoms with Gasteiger partial charge in [0.1, 0.15) is 6.67 Å². The number of likely N-dealkylation sites (N-methyl/N-ethyl adjacent to an activating group) is 1. The minimum absolute atomic E-state index is 0.318. The number of halogens is 1. The zero-order valence-electron chi connectivity index (χ0n) is 7.52. The Bertz CT molecular complexity index is 133. The van der Waals surface area contributed by atoms with E-state index in [2.05, 4.69) is 16.3 Å². The Morgan fingerprint density at radius 3 is 2.75 bits per heavy atom. The normalized spacial score (nSPS) is 10.2. The third kappa shape index (κ3) is 7.45. The number of rotatable bonds is 7. The van der Waals surface area contributed by atoms with Gasteiger partial charge in [-0.15, -0.1) is 0 Å². The van der Waals surface area contributed by atoms with Gasteiger partial charge in [-0.25, -0.2) is 4.39 Å². The Kier molecular flexibility index (Phi) is 7.97. The van der Waals surface area contributed by atoms with Crippen molar-refractivity contribution in [1.82, 2.24) is 10.2 Å². The Balaban J connectivity index is 3.09. The smallest absolute Gasteiger partial charge is 0.102 e. The average Bonchev–Trinajstić information content (AvgIpc) is 2.09. The Morgan fingerprint density at radius 2 is 2.17 bits per heavy atom. The molecule has 0 spiro atoms. The number of hydrogen-bond donors (Lipinski definition) is 1. The number of hydrogen-bond acceptors (Lipinski definition) is 3. The first kappa shape index (κ1) is 11.3. The molecule has 70 valence electrons. The summed E-state index contributed by atoms with van der Waals surface area (Å²) in [6.07, 6.45) is 0.555. The molecule has 0 radical (unpaired) electrons. The van der Waals surface area contributed by atoms with Gasteiger partial charge in [0, 0.05) is 32.6 Å². The van der Waals surface area contributed by atoms with Gasteiger partial charge >= 0.3 is 0 Å². The van der Waals surface area contributed by atoms with Crippen molar-refractivity contribution in [2.45, 2.75) is 6.42 Å². The van der Waals surface area contributed by atoms with Crippen molar-refractivity contribution in [3.63, 3.8) is 0 Å². The quantitative estimate of drug-likeness (QED) is 0.566. The number of nitrogens with zero attached hydrogens (tertiary/aromatic N) is 2. The summed E-state index contributed by atoms with van der Waals surface area (Å²) >= 11 is 0. The van der Waals surface area contributed by atoms with Crippen molar-refractivity contribution >= 4 is 0 Å². The molecule has 3 nitrogen and oxygen atoms in total. The number of nitriles is 1. The molecule has 0 aromatic heterocycles. The molecule has 0 aromatic rings. The maximum atomic E-state index is 11.6. The lowest BCUT2D eigenvalue weighted by molar-refractivity contribution is 0.335. The van der Waals surface area contributed by atoms with Crippen LogP contribution in [0.25, 0.3) is 0 Å². The van der Waals surface area contributed by atoms with E-state index < -0.39 is 0 Å². The van der Waals surface area contributed by atoms with E-state index in [0.29, 0.717) is 13.0 Å². The fourth-order valence-electron chi connectivity index (χ4n) is 0.814. The van der Waals surface area contributed by atoms with E-state index >= 15 is 0 Å². The maximum absolute atomic E-state index is 11.6. The molecule has 0 aliphatic heterocycles. The van der Waals surface area contributed by atoms with Gasteiger partial charge in [0.2, 0.25) is 0 Å². The number of nitrogens with one attached hydrogen (secondary N) is 1. The van der Waals surface area contributed by atoms with E-state index in [1.165, 1.54) is 0 Å². The van der Waals surface area contributed by atoms with Crippen molar-refractivity contribution in [2.24, 2.45) is 0 Å². The highest BCUT2D eigenvalue weighted by Crippen LogP contribution is 1.83. The van der Waals surface area contributed by atoms with E-state index in [-0.39, 0.29) is 6.67 Å². The zero-order chi connectivity index (χ0) is 9.23. The lowest BCUT2D eigenvalue weighted by atomic mass is 10.4. The van der Waals surface area contributed by atoms with Crippen LogP contribution in [-0.2, 0) is 0 Å². The highest BCUT2D eigenvalue weighted by Gasteiger charge is 1.95. The first-order chi connectivity index (χ1) is 5.81. The van der Waals surface area contributed by atoms with Crippen molar-refractivity contribution in [2.75, 3.05) is 39.9 Å². The van der Waals surface area contributed by atoms with Crippen LogP contribution < -0.4 is 5.32 Å².